The summed E-state index contributed by atoms with van der Waals surface area (Å²) in [5, 5.41) is 14.6. The molecule has 7 heterocycles. The monoisotopic (exact) mass is 1080 g/mol. The summed E-state index contributed by atoms with van der Waals surface area (Å²) in [6.45, 7) is 1.19. The van der Waals surface area contributed by atoms with E-state index in [9.17, 15) is 9.59 Å². The van der Waals surface area contributed by atoms with Crippen molar-refractivity contribution in [1.29, 1.82) is 0 Å². The number of hydrogen-bond acceptors (Lipinski definition) is 12. The lowest BCUT2D eigenvalue weighted by atomic mass is 9.98. The van der Waals surface area contributed by atoms with E-state index >= 15 is 0 Å². The summed E-state index contributed by atoms with van der Waals surface area (Å²) in [6.07, 6.45) is 9.30. The Hall–Kier alpha value is -9.15. The third-order valence-corrected chi connectivity index (χ3v) is 12.4. The van der Waals surface area contributed by atoms with Crippen LogP contribution in [0.15, 0.2) is 189 Å². The molecule has 77 heavy (non-hydrogen) atoms. The molecule has 0 radical (unpaired) electrons. The third-order valence-electron chi connectivity index (χ3n) is 11.9. The smallest absolute Gasteiger partial charge is 0.339 e. The van der Waals surface area contributed by atoms with E-state index in [1.54, 1.807) is 36.8 Å². The summed E-state index contributed by atoms with van der Waals surface area (Å²) < 4.78 is 0. The van der Waals surface area contributed by atoms with Gasteiger partial charge in [0.25, 0.3) is 0 Å². The quantitative estimate of drug-likeness (QED) is 0.0498. The van der Waals surface area contributed by atoms with Crippen molar-refractivity contribution in [3.8, 4) is 22.4 Å². The maximum absolute atomic E-state index is 12.8. The van der Waals surface area contributed by atoms with Gasteiger partial charge in [0, 0.05) is 113 Å². The molecule has 18 heteroatoms. The van der Waals surface area contributed by atoms with Crippen LogP contribution in [0.1, 0.15) is 43.0 Å². The number of hydrogen-bond donors (Lipinski definition) is 7. The number of carbonyl (C=O) groups excluding carboxylic acids is 2. The molecule has 9 N–H and O–H groups in total. The molecule has 0 bridgehead atoms. The first kappa shape index (κ1) is 54.1. The molecule has 5 aromatic carbocycles. The second kappa shape index (κ2) is 25.4. The topological polar surface area (TPSA) is 216 Å². The number of ketones is 2. The molecule has 3 aliphatic rings. The van der Waals surface area contributed by atoms with E-state index in [4.69, 9.17) is 39.7 Å². The highest BCUT2D eigenvalue weighted by Gasteiger charge is 2.26. The molecule has 3 aliphatic heterocycles. The van der Waals surface area contributed by atoms with E-state index in [0.29, 0.717) is 63.8 Å². The number of aromatic nitrogens is 5. The van der Waals surface area contributed by atoms with Gasteiger partial charge in [0.15, 0.2) is 11.6 Å². The van der Waals surface area contributed by atoms with Crippen molar-refractivity contribution < 1.29 is 27.0 Å². The van der Waals surface area contributed by atoms with Crippen molar-refractivity contribution in [3.05, 3.63) is 232 Å². The highest BCUT2D eigenvalue weighted by molar-refractivity contribution is 6.32. The second-order valence-corrected chi connectivity index (χ2v) is 18.5. The molecule has 15 nitrogen and oxygen atoms in total. The summed E-state index contributed by atoms with van der Waals surface area (Å²) in [6, 6.07) is 50.1. The van der Waals surface area contributed by atoms with Crippen LogP contribution in [0.3, 0.4) is 0 Å². The zero-order valence-electron chi connectivity index (χ0n) is 41.8. The maximum Gasteiger partial charge on any atom is 0.339 e. The van der Waals surface area contributed by atoms with Crippen molar-refractivity contribution in [1.82, 2.24) is 29.8 Å². The molecule has 0 unspecified atom stereocenters. The highest BCUT2D eigenvalue weighted by atomic mass is 35.5. The summed E-state index contributed by atoms with van der Waals surface area (Å²) in [5.41, 5.74) is 23.1. The van der Waals surface area contributed by atoms with Gasteiger partial charge in [0.2, 0.25) is 5.95 Å². The fourth-order valence-electron chi connectivity index (χ4n) is 8.42. The Morgan fingerprint density at radius 2 is 1.14 bits per heavy atom. The van der Waals surface area contributed by atoms with Gasteiger partial charge in [0.1, 0.15) is 17.5 Å². The Morgan fingerprint density at radius 3 is 1.81 bits per heavy atom. The average molecular weight is 1080 g/mol. The van der Waals surface area contributed by atoms with Crippen LogP contribution in [-0.2, 0) is 19.5 Å². The average Bonchev–Trinajstić information content (AvgIpc) is 3.73. The first-order valence-electron chi connectivity index (χ1n) is 24.1. The van der Waals surface area contributed by atoms with Crippen molar-refractivity contribution in [3.63, 3.8) is 0 Å². The van der Waals surface area contributed by atoms with Crippen molar-refractivity contribution >= 4 is 86.8 Å². The van der Waals surface area contributed by atoms with E-state index in [0.717, 1.165) is 67.5 Å². The SMILES string of the molecule is CN(C)/C=C1/C(=O)c2cccnc2Nc2ccccc21.Clc1cccc(CNc2ncc3c(n2)-c2cccnc2Nc2ccccc2-3)c1.NC(N)=[NH+]Cc1cccc(Cl)c1.O=C1Cc2ccccc2Nc2ncccc21.[Cl-]. The molecule has 0 saturated carbocycles. The number of nitrogens with zero attached hydrogens (tertiary/aromatic N) is 6. The number of Topliss-reactive ketones (excluding diaryl/α,β-unsaturated/α-hetero) is 2. The first-order chi connectivity index (χ1) is 37.0. The number of fused-ring (bicyclic) bond motifs is 9. The normalized spacial score (nSPS) is 12.3. The lowest BCUT2D eigenvalue weighted by molar-refractivity contribution is -0.477. The van der Waals surface area contributed by atoms with E-state index in [1.165, 1.54) is 0 Å². The van der Waals surface area contributed by atoms with Crippen molar-refractivity contribution in [2.24, 2.45) is 11.5 Å². The predicted molar refractivity (Wildman–Crippen MR) is 304 cm³/mol. The van der Waals surface area contributed by atoms with Gasteiger partial charge in [-0.05, 0) is 95.6 Å². The number of para-hydroxylation sites is 3. The fourth-order valence-corrected chi connectivity index (χ4v) is 8.84. The molecule has 4 aromatic heterocycles. The van der Waals surface area contributed by atoms with Crippen LogP contribution in [0, 0.1) is 0 Å². The minimum atomic E-state index is -0.0146. The van der Waals surface area contributed by atoms with Crippen LogP contribution in [-0.4, -0.2) is 61.4 Å². The number of benzene rings is 5. The molecule has 386 valence electrons. The van der Waals surface area contributed by atoms with Gasteiger partial charge < -0.3 is 38.6 Å². The largest absolute Gasteiger partial charge is 1.00 e. The zero-order chi connectivity index (χ0) is 53.0. The molecule has 0 aliphatic carbocycles. The number of guanidine groups is 1. The molecule has 12 rings (SSSR count). The molecule has 0 spiro atoms. The minimum absolute atomic E-state index is 0. The number of allylic oxidation sites excluding steroid dienone is 1. The van der Waals surface area contributed by atoms with Gasteiger partial charge in [0.05, 0.1) is 23.4 Å². The van der Waals surface area contributed by atoms with Crippen LogP contribution < -0.4 is 50.1 Å². The number of halogens is 3. The number of rotatable bonds is 6. The number of pyridine rings is 3. The van der Waals surface area contributed by atoms with E-state index in [1.807, 2.05) is 165 Å². The summed E-state index contributed by atoms with van der Waals surface area (Å²) in [5.74, 6) is 2.92. The third kappa shape index (κ3) is 13.6. The first-order valence-corrected chi connectivity index (χ1v) is 24.8. The van der Waals surface area contributed by atoms with Crippen LogP contribution in [0.5, 0.6) is 0 Å². The summed E-state index contributed by atoms with van der Waals surface area (Å²) in [7, 11) is 3.82. The van der Waals surface area contributed by atoms with Gasteiger partial charge >= 0.3 is 5.96 Å². The molecular weight excluding hydrogens is 1030 g/mol. The van der Waals surface area contributed by atoms with E-state index < -0.39 is 0 Å². The second-order valence-electron chi connectivity index (χ2n) is 17.6. The van der Waals surface area contributed by atoms with Gasteiger partial charge in [-0.2, -0.15) is 0 Å². The Kier molecular flexibility index (Phi) is 17.8. The van der Waals surface area contributed by atoms with Gasteiger partial charge in [-0.15, -0.1) is 0 Å². The summed E-state index contributed by atoms with van der Waals surface area (Å²) >= 11 is 11.8. The Labute approximate surface area is 462 Å². The standard InChI is InChI=1S/C22H16ClN5.C16H15N3O.C13H10N2O.C8H10ClN3.ClH/c23-15-6-3-5-14(11-15)12-25-22-26-13-18-16-7-1-2-9-19(16)27-21-17(20(18)28-22)8-4-10-24-21;1-19(2)10-13-11-6-3-4-8-14(11)18-16-12(15(13)20)7-5-9-17-16;16-12-8-9-4-1-2-6-11(9)15-13-10(12)5-3-7-14-13;9-7-3-1-2-6(4-7)5-12-8(10)11;/h1-11,13H,12H2,(H,24,27)(H,25,26,28);3-10H,1-2H3,(H,17,18);1-7H,8H2,(H,14,15);1-4H,5H2,(H4,10,11,12);1H/b;13-10+;;;. The van der Waals surface area contributed by atoms with Gasteiger partial charge in [-0.3, -0.25) is 26.0 Å². The molecule has 0 amide bonds. The number of anilines is 7. The van der Waals surface area contributed by atoms with E-state index in [2.05, 4.69) is 52.3 Å². The number of nitrogens with one attached hydrogen (secondary N) is 5. The maximum atomic E-state index is 12.8. The van der Waals surface area contributed by atoms with E-state index in [-0.39, 0.29) is 29.9 Å². The van der Waals surface area contributed by atoms with Gasteiger partial charge in [-0.25, -0.2) is 24.9 Å². The van der Waals surface area contributed by atoms with Crippen LogP contribution in [0.2, 0.25) is 10.0 Å². The molecule has 9 aromatic rings. The Bertz CT molecular complexity index is 3640. The number of carbonyl (C=O) groups is 2. The Morgan fingerprint density at radius 1 is 0.610 bits per heavy atom. The van der Waals surface area contributed by atoms with Crippen molar-refractivity contribution in [2.75, 3.05) is 35.4 Å². The lowest BCUT2D eigenvalue weighted by Gasteiger charge is -2.11. The minimum Gasteiger partial charge on any atom is -1.00 e. The molecule has 0 saturated heterocycles. The van der Waals surface area contributed by atoms with Crippen LogP contribution in [0.25, 0.3) is 28.0 Å². The Balaban J connectivity index is 0.000000142. The predicted octanol–water partition coefficient (Wildman–Crippen LogP) is 7.21. The summed E-state index contributed by atoms with van der Waals surface area (Å²) in [4.78, 5) is 51.8. The van der Waals surface area contributed by atoms with Crippen LogP contribution in [0.4, 0.5) is 40.5 Å². The highest BCUT2D eigenvalue weighted by Crippen LogP contribution is 2.42. The number of nitrogens with two attached hydrogens (primary N) is 2. The van der Waals surface area contributed by atoms with Gasteiger partial charge in [-0.1, -0.05) is 102 Å². The molecule has 0 atom stereocenters. The van der Waals surface area contributed by atoms with Crippen molar-refractivity contribution in [2.45, 2.75) is 19.5 Å². The zero-order valence-corrected chi connectivity index (χ0v) is 44.1. The molecule has 0 fully saturated rings. The fraction of sp³-hybridized carbons (Fsp3) is 0.0847. The van der Waals surface area contributed by atoms with Crippen LogP contribution >= 0.6 is 23.2 Å². The lowest BCUT2D eigenvalue weighted by Crippen LogP contribution is -3.00. The molecular formula is C59H52Cl3N13O2.